The van der Waals surface area contributed by atoms with Gasteiger partial charge in [-0.2, -0.15) is 0 Å². The molecule has 3 rings (SSSR count). The van der Waals surface area contributed by atoms with Crippen LogP contribution in [0.4, 0.5) is 10.1 Å². The number of rotatable bonds is 5. The van der Waals surface area contributed by atoms with E-state index in [9.17, 15) is 14.0 Å². The summed E-state index contributed by atoms with van der Waals surface area (Å²) >= 11 is 5.17. The van der Waals surface area contributed by atoms with Crippen LogP contribution in [0, 0.1) is 5.82 Å². The Morgan fingerprint density at radius 2 is 1.86 bits per heavy atom. The van der Waals surface area contributed by atoms with Crippen molar-refractivity contribution in [2.24, 2.45) is 0 Å². The summed E-state index contributed by atoms with van der Waals surface area (Å²) in [7, 11) is 0. The predicted octanol–water partition coefficient (Wildman–Crippen LogP) is 2.86. The van der Waals surface area contributed by atoms with Crippen LogP contribution in [0.3, 0.4) is 0 Å². The summed E-state index contributed by atoms with van der Waals surface area (Å²) in [6.45, 7) is 1.17. The van der Waals surface area contributed by atoms with Crippen LogP contribution in [0.15, 0.2) is 48.5 Å². The zero-order chi connectivity index (χ0) is 19.9. The van der Waals surface area contributed by atoms with Gasteiger partial charge in [0.15, 0.2) is 5.11 Å². The van der Waals surface area contributed by atoms with E-state index < -0.39 is 11.7 Å². The Hall–Kier alpha value is -2.84. The molecule has 1 aliphatic rings. The minimum atomic E-state index is -0.474. The van der Waals surface area contributed by atoms with Crippen LogP contribution >= 0.6 is 12.2 Å². The Morgan fingerprint density at radius 3 is 2.57 bits per heavy atom. The standard InChI is InChI=1S/C20H20FN3O3S/c21-14-9-7-13(8-10-14)18(25)24-20(28)23-17-6-2-1-5-16(17)19(26)22-12-15-4-3-11-27-15/h1-2,5-10,15H,3-4,11-12H2,(H,22,26)(H2,23,24,25,28). The number of amides is 2. The maximum atomic E-state index is 13.0. The van der Waals surface area contributed by atoms with Gasteiger partial charge in [0.2, 0.25) is 0 Å². The highest BCUT2D eigenvalue weighted by molar-refractivity contribution is 7.80. The molecule has 0 spiro atoms. The van der Waals surface area contributed by atoms with Crippen molar-refractivity contribution < 1.29 is 18.7 Å². The first-order valence-electron chi connectivity index (χ1n) is 8.89. The van der Waals surface area contributed by atoms with Crippen molar-refractivity contribution in [2.45, 2.75) is 18.9 Å². The zero-order valence-corrected chi connectivity index (χ0v) is 15.9. The number of anilines is 1. The first-order valence-corrected chi connectivity index (χ1v) is 9.30. The van der Waals surface area contributed by atoms with Gasteiger partial charge >= 0.3 is 0 Å². The highest BCUT2D eigenvalue weighted by atomic mass is 32.1. The van der Waals surface area contributed by atoms with E-state index in [1.165, 1.54) is 24.3 Å². The zero-order valence-electron chi connectivity index (χ0n) is 15.0. The van der Waals surface area contributed by atoms with Crippen LogP contribution in [0.25, 0.3) is 0 Å². The van der Waals surface area contributed by atoms with Gasteiger partial charge in [-0.15, -0.1) is 0 Å². The van der Waals surface area contributed by atoms with Crippen LogP contribution in [0.5, 0.6) is 0 Å². The molecule has 28 heavy (non-hydrogen) atoms. The first-order chi connectivity index (χ1) is 13.5. The van der Waals surface area contributed by atoms with Crippen molar-refractivity contribution in [1.29, 1.82) is 0 Å². The molecule has 1 saturated heterocycles. The van der Waals surface area contributed by atoms with Crippen molar-refractivity contribution in [3.8, 4) is 0 Å². The molecular formula is C20H20FN3O3S. The van der Waals surface area contributed by atoms with Gasteiger partial charge in [-0.05, 0) is 61.5 Å². The third kappa shape index (κ3) is 5.34. The van der Waals surface area contributed by atoms with Gasteiger partial charge in [0.05, 0.1) is 17.4 Å². The van der Waals surface area contributed by atoms with Crippen molar-refractivity contribution in [2.75, 3.05) is 18.5 Å². The lowest BCUT2D eigenvalue weighted by molar-refractivity contribution is 0.0858. The maximum absolute atomic E-state index is 13.0. The Balaban J connectivity index is 1.60. The van der Waals surface area contributed by atoms with Crippen LogP contribution in [-0.2, 0) is 4.74 Å². The highest BCUT2D eigenvalue weighted by Gasteiger charge is 2.18. The van der Waals surface area contributed by atoms with E-state index in [2.05, 4.69) is 16.0 Å². The molecule has 1 unspecified atom stereocenters. The van der Waals surface area contributed by atoms with Crippen LogP contribution in [0.2, 0.25) is 0 Å². The molecule has 2 aromatic carbocycles. The lowest BCUT2D eigenvalue weighted by Gasteiger charge is -2.15. The molecule has 146 valence electrons. The van der Waals surface area contributed by atoms with Gasteiger partial charge in [-0.3, -0.25) is 14.9 Å². The molecule has 3 N–H and O–H groups in total. The summed E-state index contributed by atoms with van der Waals surface area (Å²) < 4.78 is 18.5. The van der Waals surface area contributed by atoms with Gasteiger partial charge < -0.3 is 15.4 Å². The molecule has 6 nitrogen and oxygen atoms in total. The number of thiocarbonyl (C=S) groups is 1. The number of ether oxygens (including phenoxy) is 1. The van der Waals surface area contributed by atoms with Crippen molar-refractivity contribution >= 4 is 34.8 Å². The number of para-hydroxylation sites is 1. The van der Waals surface area contributed by atoms with Crippen molar-refractivity contribution in [3.63, 3.8) is 0 Å². The maximum Gasteiger partial charge on any atom is 0.257 e. The molecule has 1 fully saturated rings. The summed E-state index contributed by atoms with van der Waals surface area (Å²) in [5, 5.41) is 8.27. The Morgan fingerprint density at radius 1 is 1.11 bits per heavy atom. The van der Waals surface area contributed by atoms with E-state index in [-0.39, 0.29) is 22.7 Å². The molecule has 0 aromatic heterocycles. The number of halogens is 1. The molecular weight excluding hydrogens is 381 g/mol. The molecule has 0 saturated carbocycles. The summed E-state index contributed by atoms with van der Waals surface area (Å²) in [4.78, 5) is 24.7. The fraction of sp³-hybridized carbons (Fsp3) is 0.250. The van der Waals surface area contributed by atoms with Crippen molar-refractivity contribution in [1.82, 2.24) is 10.6 Å². The smallest absolute Gasteiger partial charge is 0.257 e. The predicted molar refractivity (Wildman–Crippen MR) is 108 cm³/mol. The van der Waals surface area contributed by atoms with Gasteiger partial charge in [-0.1, -0.05) is 12.1 Å². The summed E-state index contributed by atoms with van der Waals surface area (Å²) in [6.07, 6.45) is 1.97. The monoisotopic (exact) mass is 401 g/mol. The number of benzene rings is 2. The molecule has 0 radical (unpaired) electrons. The molecule has 8 heteroatoms. The molecule has 2 amide bonds. The second kappa shape index (κ2) is 9.38. The summed E-state index contributed by atoms with van der Waals surface area (Å²) in [6, 6.07) is 12.0. The quantitative estimate of drug-likeness (QED) is 0.672. The third-order valence-electron chi connectivity index (χ3n) is 4.27. The fourth-order valence-corrected chi connectivity index (χ4v) is 3.03. The Bertz CT molecular complexity index is 867. The topological polar surface area (TPSA) is 79.5 Å². The molecule has 2 aromatic rings. The SMILES string of the molecule is O=C(NC(=S)Nc1ccccc1C(=O)NCC1CCCO1)c1ccc(F)cc1. The summed E-state index contributed by atoms with van der Waals surface area (Å²) in [5.74, 6) is -1.16. The number of carbonyl (C=O) groups excluding carboxylic acids is 2. The molecule has 1 aliphatic heterocycles. The molecule has 0 bridgehead atoms. The molecule has 0 aliphatic carbocycles. The second-order valence-electron chi connectivity index (χ2n) is 6.31. The first kappa shape index (κ1) is 19.9. The molecule has 1 atom stereocenters. The lowest BCUT2D eigenvalue weighted by Crippen LogP contribution is -2.35. The minimum Gasteiger partial charge on any atom is -0.376 e. The van der Waals surface area contributed by atoms with E-state index in [1.54, 1.807) is 24.3 Å². The number of hydrogen-bond donors (Lipinski definition) is 3. The largest absolute Gasteiger partial charge is 0.376 e. The van der Waals surface area contributed by atoms with Crippen molar-refractivity contribution in [3.05, 3.63) is 65.5 Å². The normalized spacial score (nSPS) is 15.7. The minimum absolute atomic E-state index is 0.0358. The average molecular weight is 401 g/mol. The van der Waals surface area contributed by atoms with Crippen LogP contribution in [0.1, 0.15) is 33.6 Å². The van der Waals surface area contributed by atoms with E-state index in [0.717, 1.165) is 19.4 Å². The van der Waals surface area contributed by atoms with Crippen LogP contribution in [-0.4, -0.2) is 36.2 Å². The third-order valence-corrected chi connectivity index (χ3v) is 4.47. The fourth-order valence-electron chi connectivity index (χ4n) is 2.83. The van der Waals surface area contributed by atoms with E-state index in [1.807, 2.05) is 0 Å². The Labute approximate surface area is 167 Å². The highest BCUT2D eigenvalue weighted by Crippen LogP contribution is 2.16. The van der Waals surface area contributed by atoms with Gasteiger partial charge in [0.1, 0.15) is 5.82 Å². The number of nitrogens with one attached hydrogen (secondary N) is 3. The van der Waals surface area contributed by atoms with E-state index in [4.69, 9.17) is 17.0 Å². The number of hydrogen-bond acceptors (Lipinski definition) is 4. The second-order valence-corrected chi connectivity index (χ2v) is 6.71. The number of carbonyl (C=O) groups is 2. The van der Waals surface area contributed by atoms with Gasteiger partial charge in [0, 0.05) is 18.7 Å². The van der Waals surface area contributed by atoms with Crippen LogP contribution < -0.4 is 16.0 Å². The van der Waals surface area contributed by atoms with E-state index >= 15 is 0 Å². The Kier molecular flexibility index (Phi) is 6.67. The summed E-state index contributed by atoms with van der Waals surface area (Å²) in [5.41, 5.74) is 1.14. The lowest BCUT2D eigenvalue weighted by atomic mass is 10.1. The van der Waals surface area contributed by atoms with E-state index in [0.29, 0.717) is 17.8 Å². The van der Waals surface area contributed by atoms with Gasteiger partial charge in [-0.25, -0.2) is 4.39 Å². The van der Waals surface area contributed by atoms with Gasteiger partial charge in [0.25, 0.3) is 11.8 Å². The average Bonchev–Trinajstić information content (AvgIpc) is 3.20. The molecule has 1 heterocycles.